The zero-order chi connectivity index (χ0) is 11.6. The fourth-order valence-electron chi connectivity index (χ4n) is 0.713. The van der Waals surface area contributed by atoms with Gasteiger partial charge >= 0.3 is 10.4 Å². The van der Waals surface area contributed by atoms with Gasteiger partial charge in [-0.25, -0.2) is 8.37 Å². The highest BCUT2D eigenvalue weighted by molar-refractivity contribution is 7.81. The van der Waals surface area contributed by atoms with E-state index in [9.17, 15) is 8.42 Å². The third-order valence-electron chi connectivity index (χ3n) is 1.32. The van der Waals surface area contributed by atoms with Gasteiger partial charge in [0.1, 0.15) is 0 Å². The highest BCUT2D eigenvalue weighted by Crippen LogP contribution is 1.95. The molecule has 0 aromatic carbocycles. The third-order valence-corrected chi connectivity index (χ3v) is 2.23. The maximum absolute atomic E-state index is 11.0. The zero-order valence-electron chi connectivity index (χ0n) is 9.10. The summed E-state index contributed by atoms with van der Waals surface area (Å²) >= 11 is 0. The van der Waals surface area contributed by atoms with Gasteiger partial charge in [0.25, 0.3) is 0 Å². The predicted molar refractivity (Wildman–Crippen MR) is 53.8 cm³/mol. The fraction of sp³-hybridized carbons (Fsp3) is 1.00. The first-order valence-electron chi connectivity index (χ1n) is 4.81. The van der Waals surface area contributed by atoms with Crippen LogP contribution in [0, 0.1) is 0 Å². The van der Waals surface area contributed by atoms with Crippen molar-refractivity contribution in [2.45, 2.75) is 13.8 Å². The van der Waals surface area contributed by atoms with Gasteiger partial charge < -0.3 is 9.47 Å². The van der Waals surface area contributed by atoms with E-state index in [2.05, 4.69) is 8.37 Å². The first-order valence-corrected chi connectivity index (χ1v) is 6.15. The molecule has 0 aromatic rings. The smallest absolute Gasteiger partial charge is 0.379 e. The van der Waals surface area contributed by atoms with Gasteiger partial charge in [0, 0.05) is 13.2 Å². The van der Waals surface area contributed by atoms with Gasteiger partial charge in [-0.2, -0.15) is 8.42 Å². The van der Waals surface area contributed by atoms with Crippen molar-refractivity contribution in [1.82, 2.24) is 0 Å². The van der Waals surface area contributed by atoms with E-state index < -0.39 is 10.4 Å². The summed E-state index contributed by atoms with van der Waals surface area (Å²) < 4.78 is 40.8. The van der Waals surface area contributed by atoms with E-state index >= 15 is 0 Å². The zero-order valence-corrected chi connectivity index (χ0v) is 9.92. The average Bonchev–Trinajstić information content (AvgIpc) is 2.20. The van der Waals surface area contributed by atoms with Crippen molar-refractivity contribution in [3.05, 3.63) is 0 Å². The van der Waals surface area contributed by atoms with Crippen LogP contribution in [-0.4, -0.2) is 48.1 Å². The van der Waals surface area contributed by atoms with Crippen LogP contribution in [0.5, 0.6) is 0 Å². The first kappa shape index (κ1) is 14.8. The van der Waals surface area contributed by atoms with Crippen molar-refractivity contribution in [3.8, 4) is 0 Å². The molecule has 0 heterocycles. The lowest BCUT2D eigenvalue weighted by atomic mass is 10.8. The van der Waals surface area contributed by atoms with Crippen molar-refractivity contribution < 1.29 is 26.3 Å². The highest BCUT2D eigenvalue weighted by atomic mass is 32.3. The molecule has 15 heavy (non-hydrogen) atoms. The Morgan fingerprint density at radius 2 is 1.20 bits per heavy atom. The van der Waals surface area contributed by atoms with Crippen molar-refractivity contribution in [1.29, 1.82) is 0 Å². The van der Waals surface area contributed by atoms with E-state index in [1.54, 1.807) is 0 Å². The van der Waals surface area contributed by atoms with Gasteiger partial charge in [-0.05, 0) is 13.8 Å². The van der Waals surface area contributed by atoms with Crippen LogP contribution in [0.1, 0.15) is 13.8 Å². The topological polar surface area (TPSA) is 71.1 Å². The Balaban J connectivity index is 3.50. The van der Waals surface area contributed by atoms with Crippen LogP contribution in [0.2, 0.25) is 0 Å². The van der Waals surface area contributed by atoms with Gasteiger partial charge in [0.05, 0.1) is 26.4 Å². The monoisotopic (exact) mass is 242 g/mol. The normalized spacial score (nSPS) is 11.9. The van der Waals surface area contributed by atoms with Crippen LogP contribution < -0.4 is 0 Å². The Hall–Kier alpha value is -0.210. The molecule has 0 aromatic heterocycles. The third kappa shape index (κ3) is 10.1. The molecule has 0 aliphatic rings. The quantitative estimate of drug-likeness (QED) is 0.514. The Kier molecular flexibility index (Phi) is 8.92. The molecule has 0 atom stereocenters. The number of hydrogen-bond acceptors (Lipinski definition) is 6. The highest BCUT2D eigenvalue weighted by Gasteiger charge is 2.10. The second kappa shape index (κ2) is 9.05. The van der Waals surface area contributed by atoms with Gasteiger partial charge in [0.15, 0.2) is 0 Å². The summed E-state index contributed by atoms with van der Waals surface area (Å²) in [6, 6.07) is 0. The van der Waals surface area contributed by atoms with Crippen molar-refractivity contribution in [2.75, 3.05) is 39.6 Å². The molecule has 0 saturated carbocycles. The van der Waals surface area contributed by atoms with Crippen LogP contribution in [0.25, 0.3) is 0 Å². The Morgan fingerprint density at radius 3 is 1.53 bits per heavy atom. The van der Waals surface area contributed by atoms with E-state index in [-0.39, 0.29) is 26.4 Å². The van der Waals surface area contributed by atoms with E-state index in [0.29, 0.717) is 13.2 Å². The van der Waals surface area contributed by atoms with Gasteiger partial charge in [-0.15, -0.1) is 0 Å². The van der Waals surface area contributed by atoms with Crippen LogP contribution in [-0.2, 0) is 28.2 Å². The van der Waals surface area contributed by atoms with Crippen molar-refractivity contribution in [3.63, 3.8) is 0 Å². The van der Waals surface area contributed by atoms with Crippen molar-refractivity contribution in [2.24, 2.45) is 0 Å². The first-order chi connectivity index (χ1) is 7.12. The van der Waals surface area contributed by atoms with Crippen LogP contribution in [0.4, 0.5) is 0 Å². The minimum absolute atomic E-state index is 0.0369. The van der Waals surface area contributed by atoms with Gasteiger partial charge in [-0.1, -0.05) is 0 Å². The molecule has 92 valence electrons. The van der Waals surface area contributed by atoms with Crippen LogP contribution in [0.3, 0.4) is 0 Å². The Labute approximate surface area is 90.8 Å². The molecule has 7 heteroatoms. The van der Waals surface area contributed by atoms with E-state index in [4.69, 9.17) is 9.47 Å². The van der Waals surface area contributed by atoms with Gasteiger partial charge in [-0.3, -0.25) is 0 Å². The molecule has 0 saturated heterocycles. The molecule has 0 unspecified atom stereocenters. The molecule has 0 bridgehead atoms. The van der Waals surface area contributed by atoms with E-state index in [1.807, 2.05) is 13.8 Å². The summed E-state index contributed by atoms with van der Waals surface area (Å²) in [7, 11) is -3.90. The summed E-state index contributed by atoms with van der Waals surface area (Å²) in [5, 5.41) is 0. The molecular formula is C8H18O6S. The Bertz CT molecular complexity index is 207. The van der Waals surface area contributed by atoms with E-state index in [1.165, 1.54) is 0 Å². The predicted octanol–water partition coefficient (Wildman–Crippen LogP) is 0.337. The second-order valence-corrected chi connectivity index (χ2v) is 3.73. The standard InChI is InChI=1S/C8H18O6S/c1-3-11-5-7-13-15(9,10)14-8-6-12-4-2/h3-8H2,1-2H3. The summed E-state index contributed by atoms with van der Waals surface area (Å²) in [5.41, 5.74) is 0. The summed E-state index contributed by atoms with van der Waals surface area (Å²) in [5.74, 6) is 0. The second-order valence-electron chi connectivity index (χ2n) is 2.45. The van der Waals surface area contributed by atoms with E-state index in [0.717, 1.165) is 0 Å². The Morgan fingerprint density at radius 1 is 0.800 bits per heavy atom. The fourth-order valence-corrected chi connectivity index (χ4v) is 1.33. The minimum Gasteiger partial charge on any atom is -0.379 e. The molecule has 0 fully saturated rings. The SMILES string of the molecule is CCOCCOS(=O)(=O)OCCOCC. The summed E-state index contributed by atoms with van der Waals surface area (Å²) in [4.78, 5) is 0. The molecule has 0 aliphatic heterocycles. The molecule has 0 aliphatic carbocycles. The number of hydrogen-bond donors (Lipinski definition) is 0. The molecule has 0 radical (unpaired) electrons. The molecule has 0 spiro atoms. The lowest BCUT2D eigenvalue weighted by Gasteiger charge is -2.05. The van der Waals surface area contributed by atoms with Crippen molar-refractivity contribution >= 4 is 10.4 Å². The summed E-state index contributed by atoms with van der Waals surface area (Å²) in [6.07, 6.45) is 0. The molecular weight excluding hydrogens is 224 g/mol. The summed E-state index contributed by atoms with van der Waals surface area (Å²) in [6.45, 7) is 5.05. The minimum atomic E-state index is -3.90. The van der Waals surface area contributed by atoms with Gasteiger partial charge in [0.2, 0.25) is 0 Å². The number of rotatable bonds is 10. The average molecular weight is 242 g/mol. The molecule has 0 N–H and O–H groups in total. The lowest BCUT2D eigenvalue weighted by molar-refractivity contribution is 0.0855. The maximum Gasteiger partial charge on any atom is 0.400 e. The lowest BCUT2D eigenvalue weighted by Crippen LogP contribution is -2.16. The maximum atomic E-state index is 11.0. The van der Waals surface area contributed by atoms with Crippen LogP contribution >= 0.6 is 0 Å². The molecule has 0 rings (SSSR count). The largest absolute Gasteiger partial charge is 0.400 e. The molecule has 0 amide bonds. The molecule has 6 nitrogen and oxygen atoms in total. The number of ether oxygens (including phenoxy) is 2. The van der Waals surface area contributed by atoms with Crippen LogP contribution in [0.15, 0.2) is 0 Å².